The summed E-state index contributed by atoms with van der Waals surface area (Å²) >= 11 is 6.35. The third-order valence-electron chi connectivity index (χ3n) is 4.03. The molecule has 1 heterocycles. The number of aromatic hydroxyl groups is 1. The van der Waals surface area contributed by atoms with Gasteiger partial charge in [0, 0.05) is 5.69 Å². The minimum atomic E-state index is -1.32. The Bertz CT molecular complexity index is 1060. The van der Waals surface area contributed by atoms with Crippen LogP contribution in [0.5, 0.6) is 5.75 Å². The zero-order chi connectivity index (χ0) is 21.1. The average molecular weight is 428 g/mol. The van der Waals surface area contributed by atoms with Crippen LogP contribution in [-0.2, 0) is 9.59 Å². The lowest BCUT2D eigenvalue weighted by molar-refractivity contribution is -0.126. The Morgan fingerprint density at radius 2 is 2.00 bits per heavy atom. The number of hydrogen-bond donors (Lipinski definition) is 3. The van der Waals surface area contributed by atoms with Crippen molar-refractivity contribution >= 4 is 57.8 Å². The Morgan fingerprint density at radius 1 is 1.24 bits per heavy atom. The van der Waals surface area contributed by atoms with E-state index in [0.717, 1.165) is 29.0 Å². The SMILES string of the molecule is Cc1cccc(/C=C2\SC(=S)N(CC(=O)Nc3ccc(O)c(C(=O)O)c3)C2=O)c1. The van der Waals surface area contributed by atoms with E-state index in [1.165, 1.54) is 17.0 Å². The number of carboxylic acids is 1. The summed E-state index contributed by atoms with van der Waals surface area (Å²) in [6.45, 7) is 1.64. The molecule has 0 aliphatic carbocycles. The number of nitrogens with one attached hydrogen (secondary N) is 1. The van der Waals surface area contributed by atoms with E-state index in [1.807, 2.05) is 31.2 Å². The molecule has 2 aromatic rings. The molecule has 0 bridgehead atoms. The van der Waals surface area contributed by atoms with E-state index < -0.39 is 17.6 Å². The zero-order valence-corrected chi connectivity index (χ0v) is 16.8. The molecule has 9 heteroatoms. The van der Waals surface area contributed by atoms with Crippen molar-refractivity contribution in [3.05, 3.63) is 64.1 Å². The molecule has 1 fully saturated rings. The molecular weight excluding hydrogens is 412 g/mol. The maximum atomic E-state index is 12.6. The number of rotatable bonds is 5. The van der Waals surface area contributed by atoms with Gasteiger partial charge >= 0.3 is 5.97 Å². The van der Waals surface area contributed by atoms with Gasteiger partial charge in [0.15, 0.2) is 0 Å². The van der Waals surface area contributed by atoms with Crippen molar-refractivity contribution < 1.29 is 24.6 Å². The van der Waals surface area contributed by atoms with Crippen molar-refractivity contribution in [2.75, 3.05) is 11.9 Å². The lowest BCUT2D eigenvalue weighted by Gasteiger charge is -2.14. The maximum Gasteiger partial charge on any atom is 0.339 e. The number of thioether (sulfide) groups is 1. The number of aromatic carboxylic acids is 1. The molecule has 0 atom stereocenters. The van der Waals surface area contributed by atoms with Crippen molar-refractivity contribution in [2.24, 2.45) is 0 Å². The fourth-order valence-electron chi connectivity index (χ4n) is 2.68. The zero-order valence-electron chi connectivity index (χ0n) is 15.2. The number of aryl methyl sites for hydroxylation is 1. The Morgan fingerprint density at radius 3 is 2.69 bits per heavy atom. The van der Waals surface area contributed by atoms with E-state index in [2.05, 4.69) is 5.32 Å². The van der Waals surface area contributed by atoms with Crippen LogP contribution in [0.25, 0.3) is 6.08 Å². The third-order valence-corrected chi connectivity index (χ3v) is 5.40. The number of hydrogen-bond acceptors (Lipinski definition) is 6. The number of amides is 2. The van der Waals surface area contributed by atoms with E-state index in [0.29, 0.717) is 4.91 Å². The van der Waals surface area contributed by atoms with Crippen LogP contribution in [0.3, 0.4) is 0 Å². The summed E-state index contributed by atoms with van der Waals surface area (Å²) in [6, 6.07) is 11.3. The molecule has 29 heavy (non-hydrogen) atoms. The molecule has 1 saturated heterocycles. The highest BCUT2D eigenvalue weighted by atomic mass is 32.2. The van der Waals surface area contributed by atoms with Crippen molar-refractivity contribution in [2.45, 2.75) is 6.92 Å². The molecule has 0 radical (unpaired) electrons. The van der Waals surface area contributed by atoms with Gasteiger partial charge in [-0.2, -0.15) is 0 Å². The van der Waals surface area contributed by atoms with Gasteiger partial charge in [0.25, 0.3) is 5.91 Å². The van der Waals surface area contributed by atoms with Crippen LogP contribution >= 0.6 is 24.0 Å². The predicted octanol–water partition coefficient (Wildman–Crippen LogP) is 3.24. The molecule has 148 valence electrons. The Hall–Kier alpha value is -3.17. The minimum Gasteiger partial charge on any atom is -0.507 e. The van der Waals surface area contributed by atoms with Gasteiger partial charge < -0.3 is 15.5 Å². The van der Waals surface area contributed by atoms with Gasteiger partial charge in [-0.1, -0.05) is 53.8 Å². The Balaban J connectivity index is 1.71. The summed E-state index contributed by atoms with van der Waals surface area (Å²) in [4.78, 5) is 37.7. The van der Waals surface area contributed by atoms with Crippen molar-refractivity contribution in [1.82, 2.24) is 4.90 Å². The lowest BCUT2D eigenvalue weighted by Crippen LogP contribution is -2.36. The Kier molecular flexibility index (Phi) is 6.00. The topological polar surface area (TPSA) is 107 Å². The van der Waals surface area contributed by atoms with Crippen LogP contribution in [0.2, 0.25) is 0 Å². The van der Waals surface area contributed by atoms with Gasteiger partial charge in [-0.15, -0.1) is 0 Å². The second-order valence-corrected chi connectivity index (χ2v) is 7.94. The predicted molar refractivity (Wildman–Crippen MR) is 115 cm³/mol. The number of nitrogens with zero attached hydrogens (tertiary/aromatic N) is 1. The second kappa shape index (κ2) is 8.46. The van der Waals surface area contributed by atoms with Gasteiger partial charge in [-0.25, -0.2) is 4.79 Å². The molecular formula is C20H16N2O5S2. The van der Waals surface area contributed by atoms with Gasteiger partial charge in [0.2, 0.25) is 5.91 Å². The summed E-state index contributed by atoms with van der Waals surface area (Å²) in [5, 5.41) is 21.1. The molecule has 2 amide bonds. The molecule has 3 N–H and O–H groups in total. The summed E-state index contributed by atoms with van der Waals surface area (Å²) in [7, 11) is 0. The van der Waals surface area contributed by atoms with E-state index in [1.54, 1.807) is 6.08 Å². The fraction of sp³-hybridized carbons (Fsp3) is 0.100. The molecule has 0 aromatic heterocycles. The Labute approximate surface area is 176 Å². The molecule has 3 rings (SSSR count). The summed E-state index contributed by atoms with van der Waals surface area (Å²) < 4.78 is 0.265. The van der Waals surface area contributed by atoms with Gasteiger partial charge in [0.1, 0.15) is 22.2 Å². The second-order valence-electron chi connectivity index (χ2n) is 6.27. The number of thiocarbonyl (C=S) groups is 1. The fourth-order valence-corrected chi connectivity index (χ4v) is 3.93. The first kappa shape index (κ1) is 20.6. The molecule has 1 aliphatic heterocycles. The van der Waals surface area contributed by atoms with E-state index in [4.69, 9.17) is 17.3 Å². The van der Waals surface area contributed by atoms with Crippen LogP contribution in [0.1, 0.15) is 21.5 Å². The van der Waals surface area contributed by atoms with E-state index in [9.17, 15) is 19.5 Å². The highest BCUT2D eigenvalue weighted by Crippen LogP contribution is 2.32. The first-order chi connectivity index (χ1) is 13.7. The number of phenols is 1. The van der Waals surface area contributed by atoms with Crippen molar-refractivity contribution in [3.8, 4) is 5.75 Å². The maximum absolute atomic E-state index is 12.6. The summed E-state index contributed by atoms with van der Waals surface area (Å²) in [5.74, 6) is -2.64. The number of anilines is 1. The number of benzene rings is 2. The van der Waals surface area contributed by atoms with E-state index in [-0.39, 0.29) is 28.0 Å². The van der Waals surface area contributed by atoms with Crippen LogP contribution in [0.4, 0.5) is 5.69 Å². The molecule has 0 spiro atoms. The van der Waals surface area contributed by atoms with Crippen molar-refractivity contribution in [1.29, 1.82) is 0 Å². The third kappa shape index (κ3) is 4.82. The van der Waals surface area contributed by atoms with Gasteiger partial charge in [-0.3, -0.25) is 14.5 Å². The first-order valence-electron chi connectivity index (χ1n) is 8.43. The van der Waals surface area contributed by atoms with Crippen LogP contribution in [-0.4, -0.2) is 43.8 Å². The standard InChI is InChI=1S/C20H16N2O5S2/c1-11-3-2-4-12(7-11)8-16-18(25)22(20(28)29-16)10-17(24)21-13-5-6-15(23)14(9-13)19(26)27/h2-9,23H,10H2,1H3,(H,21,24)(H,26,27)/b16-8-. The van der Waals surface area contributed by atoms with Gasteiger partial charge in [-0.05, 0) is 36.8 Å². The van der Waals surface area contributed by atoms with E-state index >= 15 is 0 Å². The van der Waals surface area contributed by atoms with Gasteiger partial charge in [0.05, 0.1) is 4.91 Å². The molecule has 7 nitrogen and oxygen atoms in total. The van der Waals surface area contributed by atoms with Crippen molar-refractivity contribution in [3.63, 3.8) is 0 Å². The average Bonchev–Trinajstić information content (AvgIpc) is 2.90. The molecule has 2 aromatic carbocycles. The first-order valence-corrected chi connectivity index (χ1v) is 9.65. The minimum absolute atomic E-state index is 0.186. The monoisotopic (exact) mass is 428 g/mol. The molecule has 0 unspecified atom stereocenters. The summed E-state index contributed by atoms with van der Waals surface area (Å²) in [5.41, 5.74) is 1.77. The van der Waals surface area contributed by atoms with Crippen LogP contribution in [0.15, 0.2) is 47.4 Å². The highest BCUT2D eigenvalue weighted by molar-refractivity contribution is 8.26. The van der Waals surface area contributed by atoms with Crippen LogP contribution in [0, 0.1) is 6.92 Å². The summed E-state index contributed by atoms with van der Waals surface area (Å²) in [6.07, 6.45) is 1.73. The smallest absolute Gasteiger partial charge is 0.339 e. The normalized spacial score (nSPS) is 15.1. The number of carboxylic acid groups (broad SMARTS) is 1. The highest BCUT2D eigenvalue weighted by Gasteiger charge is 2.33. The lowest BCUT2D eigenvalue weighted by atomic mass is 10.1. The molecule has 1 aliphatic rings. The number of carbonyl (C=O) groups excluding carboxylic acids is 2. The van der Waals surface area contributed by atoms with Crippen LogP contribution < -0.4 is 5.32 Å². The number of carbonyl (C=O) groups is 3. The largest absolute Gasteiger partial charge is 0.507 e. The molecule has 0 saturated carbocycles. The quantitative estimate of drug-likeness (QED) is 0.381.